The summed E-state index contributed by atoms with van der Waals surface area (Å²) in [5.41, 5.74) is 1.32. The van der Waals surface area contributed by atoms with Crippen LogP contribution in [0.4, 0.5) is 23.7 Å². The van der Waals surface area contributed by atoms with E-state index in [2.05, 4.69) is 5.32 Å². The van der Waals surface area contributed by atoms with Gasteiger partial charge in [0.15, 0.2) is 0 Å². The van der Waals surface area contributed by atoms with Gasteiger partial charge in [0.1, 0.15) is 16.4 Å². The Morgan fingerprint density at radius 3 is 2.23 bits per heavy atom. The van der Waals surface area contributed by atoms with Gasteiger partial charge in [-0.25, -0.2) is 4.79 Å². The summed E-state index contributed by atoms with van der Waals surface area (Å²) >= 11 is 0. The first-order chi connectivity index (χ1) is 18.5. The fourth-order valence-corrected chi connectivity index (χ4v) is 4.67. The van der Waals surface area contributed by atoms with Crippen LogP contribution in [-0.4, -0.2) is 19.3 Å². The molecule has 0 spiro atoms. The van der Waals surface area contributed by atoms with Gasteiger partial charge >= 0.3 is 22.3 Å². The van der Waals surface area contributed by atoms with Gasteiger partial charge in [-0.15, -0.1) is 0 Å². The summed E-state index contributed by atoms with van der Waals surface area (Å²) in [6.45, 7) is 2.37. The van der Waals surface area contributed by atoms with Crippen molar-refractivity contribution in [3.05, 3.63) is 114 Å². The van der Waals surface area contributed by atoms with Crippen LogP contribution in [0.1, 0.15) is 29.4 Å². The minimum absolute atomic E-state index is 0.0887. The van der Waals surface area contributed by atoms with Crippen LogP contribution < -0.4 is 9.50 Å². The highest BCUT2D eigenvalue weighted by atomic mass is 32.2. The van der Waals surface area contributed by atoms with Crippen LogP contribution in [0.5, 0.6) is 5.75 Å². The maximum absolute atomic E-state index is 13.1. The van der Waals surface area contributed by atoms with Gasteiger partial charge in [-0.1, -0.05) is 37.3 Å². The first-order valence-corrected chi connectivity index (χ1v) is 13.3. The molecule has 7 nitrogen and oxygen atoms in total. The Labute approximate surface area is 224 Å². The Hall–Kier alpha value is -4.25. The highest BCUT2D eigenvalue weighted by Crippen LogP contribution is 2.31. The quantitative estimate of drug-likeness (QED) is 0.227. The number of hydrogen-bond donors (Lipinski definition) is 1. The number of hydrogen-bond acceptors (Lipinski definition) is 5. The number of urea groups is 1. The van der Waals surface area contributed by atoms with E-state index in [4.69, 9.17) is 8.60 Å². The van der Waals surface area contributed by atoms with E-state index in [-0.39, 0.29) is 24.9 Å². The highest BCUT2D eigenvalue weighted by Gasteiger charge is 2.32. The number of carbonyl (C=O) groups is 1. The molecule has 0 bridgehead atoms. The minimum Gasteiger partial charge on any atom is -0.467 e. The van der Waals surface area contributed by atoms with Crippen molar-refractivity contribution in [3.8, 4) is 5.75 Å². The Morgan fingerprint density at radius 2 is 1.62 bits per heavy atom. The van der Waals surface area contributed by atoms with E-state index in [9.17, 15) is 26.4 Å². The Bertz CT molecular complexity index is 1500. The Morgan fingerprint density at radius 1 is 0.923 bits per heavy atom. The molecule has 4 aromatic rings. The van der Waals surface area contributed by atoms with Gasteiger partial charge in [0.25, 0.3) is 0 Å². The van der Waals surface area contributed by atoms with Crippen molar-refractivity contribution in [1.29, 1.82) is 0 Å². The lowest BCUT2D eigenvalue weighted by Crippen LogP contribution is -2.34. The van der Waals surface area contributed by atoms with E-state index < -0.39 is 26.8 Å². The molecule has 1 aromatic heterocycles. The van der Waals surface area contributed by atoms with Gasteiger partial charge in [0.05, 0.1) is 18.4 Å². The Kier molecular flexibility index (Phi) is 8.29. The summed E-state index contributed by atoms with van der Waals surface area (Å²) in [7, 11) is -4.51. The lowest BCUT2D eigenvalue weighted by atomic mass is 10.1. The standard InChI is InChI=1S/C28H25F3N2O5S/c1-2-20-8-12-23(13-9-20)32-27(34)33(19-25-6-4-16-37-25)18-21-10-14-24(15-11-21)38-39(35,36)26-7-3-5-22(17-26)28(29,30)31/h3-17H,2,18-19H2,1H3,(H,32,34). The van der Waals surface area contributed by atoms with E-state index in [1.807, 2.05) is 31.2 Å². The first-order valence-electron chi connectivity index (χ1n) is 11.9. The number of amides is 2. The maximum Gasteiger partial charge on any atom is 0.416 e. The molecule has 0 aliphatic heterocycles. The number of anilines is 1. The van der Waals surface area contributed by atoms with Crippen molar-refractivity contribution in [1.82, 2.24) is 4.90 Å². The first kappa shape index (κ1) is 27.8. The average molecular weight is 559 g/mol. The predicted octanol–water partition coefficient (Wildman–Crippen LogP) is 6.86. The number of nitrogens with zero attached hydrogens (tertiary/aromatic N) is 1. The molecule has 4 rings (SSSR count). The van der Waals surface area contributed by atoms with Crippen molar-refractivity contribution in [3.63, 3.8) is 0 Å². The third-order valence-corrected chi connectivity index (χ3v) is 7.02. The van der Waals surface area contributed by atoms with E-state index in [0.29, 0.717) is 23.1 Å². The van der Waals surface area contributed by atoms with Gasteiger partial charge in [-0.05, 0) is 72.1 Å². The van der Waals surface area contributed by atoms with Crippen molar-refractivity contribution in [2.24, 2.45) is 0 Å². The van der Waals surface area contributed by atoms with Crippen LogP contribution in [0.2, 0.25) is 0 Å². The topological polar surface area (TPSA) is 88.9 Å². The molecule has 3 aromatic carbocycles. The van der Waals surface area contributed by atoms with E-state index >= 15 is 0 Å². The molecular formula is C28H25F3N2O5S. The van der Waals surface area contributed by atoms with Crippen LogP contribution >= 0.6 is 0 Å². The molecule has 11 heteroatoms. The fraction of sp³-hybridized carbons (Fsp3) is 0.179. The molecule has 0 saturated carbocycles. The molecule has 1 N–H and O–H groups in total. The van der Waals surface area contributed by atoms with Crippen molar-refractivity contribution in [2.45, 2.75) is 37.5 Å². The molecular weight excluding hydrogens is 533 g/mol. The molecule has 0 unspecified atom stereocenters. The monoisotopic (exact) mass is 558 g/mol. The normalized spacial score (nSPS) is 11.7. The van der Waals surface area contributed by atoms with E-state index in [0.717, 1.165) is 30.2 Å². The number of aryl methyl sites for hydroxylation is 1. The van der Waals surface area contributed by atoms with Gasteiger partial charge < -0.3 is 18.8 Å². The molecule has 0 saturated heterocycles. The molecule has 0 radical (unpaired) electrons. The maximum atomic E-state index is 13.1. The number of alkyl halides is 3. The summed E-state index contributed by atoms with van der Waals surface area (Å²) in [5.74, 6) is 0.479. The average Bonchev–Trinajstić information content (AvgIpc) is 3.42. The molecule has 0 atom stereocenters. The third-order valence-electron chi connectivity index (χ3n) is 5.78. The van der Waals surface area contributed by atoms with Crippen LogP contribution in [0, 0.1) is 0 Å². The van der Waals surface area contributed by atoms with Crippen LogP contribution in [-0.2, 0) is 35.8 Å². The molecule has 39 heavy (non-hydrogen) atoms. The molecule has 1 heterocycles. The van der Waals surface area contributed by atoms with Crippen molar-refractivity contribution < 1.29 is 35.0 Å². The van der Waals surface area contributed by atoms with Crippen LogP contribution in [0.3, 0.4) is 0 Å². The molecule has 0 aliphatic carbocycles. The fourth-order valence-electron chi connectivity index (χ4n) is 3.69. The molecule has 204 valence electrons. The zero-order chi connectivity index (χ0) is 28.0. The summed E-state index contributed by atoms with van der Waals surface area (Å²) in [6, 6.07) is 19.8. The third kappa shape index (κ3) is 7.41. The van der Waals surface area contributed by atoms with Gasteiger partial charge in [-0.3, -0.25) is 0 Å². The largest absolute Gasteiger partial charge is 0.467 e. The number of carbonyl (C=O) groups excluding carboxylic acids is 1. The predicted molar refractivity (Wildman–Crippen MR) is 138 cm³/mol. The van der Waals surface area contributed by atoms with Gasteiger partial charge in [0.2, 0.25) is 0 Å². The number of benzene rings is 3. The number of furan rings is 1. The van der Waals surface area contributed by atoms with Crippen molar-refractivity contribution >= 4 is 21.8 Å². The van der Waals surface area contributed by atoms with Gasteiger partial charge in [0, 0.05) is 12.2 Å². The Balaban J connectivity index is 1.47. The van der Waals surface area contributed by atoms with Crippen LogP contribution in [0.25, 0.3) is 0 Å². The zero-order valence-corrected chi connectivity index (χ0v) is 21.6. The zero-order valence-electron chi connectivity index (χ0n) is 20.8. The van der Waals surface area contributed by atoms with E-state index in [1.54, 1.807) is 24.3 Å². The van der Waals surface area contributed by atoms with Crippen LogP contribution in [0.15, 0.2) is 101 Å². The smallest absolute Gasteiger partial charge is 0.416 e. The van der Waals surface area contributed by atoms with E-state index in [1.165, 1.54) is 23.3 Å². The number of rotatable bonds is 9. The second kappa shape index (κ2) is 11.6. The second-order valence-electron chi connectivity index (χ2n) is 8.62. The SMILES string of the molecule is CCc1ccc(NC(=O)N(Cc2ccc(OS(=O)(=O)c3cccc(C(F)(F)F)c3)cc2)Cc2ccco2)cc1. The molecule has 2 amide bonds. The number of nitrogens with one attached hydrogen (secondary N) is 1. The summed E-state index contributed by atoms with van der Waals surface area (Å²) in [4.78, 5) is 14.0. The minimum atomic E-state index is -4.69. The number of halogens is 3. The molecule has 0 aliphatic rings. The summed E-state index contributed by atoms with van der Waals surface area (Å²) in [6.07, 6.45) is -2.31. The highest BCUT2D eigenvalue weighted by molar-refractivity contribution is 7.87. The lowest BCUT2D eigenvalue weighted by Gasteiger charge is -2.22. The van der Waals surface area contributed by atoms with Gasteiger partial charge in [-0.2, -0.15) is 21.6 Å². The second-order valence-corrected chi connectivity index (χ2v) is 10.2. The summed E-state index contributed by atoms with van der Waals surface area (Å²) < 4.78 is 74.5. The summed E-state index contributed by atoms with van der Waals surface area (Å²) in [5, 5.41) is 2.86. The van der Waals surface area contributed by atoms with Crippen molar-refractivity contribution in [2.75, 3.05) is 5.32 Å². The molecule has 0 fully saturated rings. The lowest BCUT2D eigenvalue weighted by molar-refractivity contribution is -0.137.